The van der Waals surface area contributed by atoms with Gasteiger partial charge in [0, 0.05) is 26.3 Å². The molecule has 3 heterocycles. The van der Waals surface area contributed by atoms with E-state index in [0.717, 1.165) is 22.8 Å². The number of sulfonamides is 1. The Balaban J connectivity index is 0.00000280. The quantitative estimate of drug-likeness (QED) is 0.177. The normalized spacial score (nSPS) is 12.0. The summed E-state index contributed by atoms with van der Waals surface area (Å²) in [6.45, 7) is 0.981. The molecule has 0 aliphatic heterocycles. The van der Waals surface area contributed by atoms with Gasteiger partial charge in [-0.3, -0.25) is 9.39 Å². The van der Waals surface area contributed by atoms with Crippen LogP contribution >= 0.6 is 46.9 Å². The monoisotopic (exact) mass is 555 g/mol. The minimum atomic E-state index is -3.55. The third-order valence-corrected chi connectivity index (χ3v) is 6.73. The molecule has 9 nitrogen and oxygen atoms in total. The highest BCUT2D eigenvalue weighted by atomic mass is 127. The molecule has 0 spiro atoms. The highest BCUT2D eigenvalue weighted by Gasteiger charge is 2.15. The average Bonchev–Trinajstić information content (AvgIpc) is 3.28. The molecular formula is C15H19ClIN7O2S2. The molecule has 0 aliphatic carbocycles. The zero-order chi connectivity index (χ0) is 19.3. The lowest BCUT2D eigenvalue weighted by atomic mass is 10.4. The Hall–Kier alpha value is -1.48. The lowest BCUT2D eigenvalue weighted by molar-refractivity contribution is 0.582. The van der Waals surface area contributed by atoms with Crippen molar-refractivity contribution in [3.8, 4) is 0 Å². The smallest absolute Gasteiger partial charge is 0.250 e. The Bertz CT molecular complexity index is 1050. The van der Waals surface area contributed by atoms with Crippen molar-refractivity contribution in [1.82, 2.24) is 30.0 Å². The average molecular weight is 556 g/mol. The third-order valence-electron chi connectivity index (χ3n) is 3.54. The van der Waals surface area contributed by atoms with Gasteiger partial charge in [-0.15, -0.1) is 45.5 Å². The summed E-state index contributed by atoms with van der Waals surface area (Å²) in [7, 11) is -1.92. The molecule has 152 valence electrons. The van der Waals surface area contributed by atoms with E-state index < -0.39 is 10.0 Å². The van der Waals surface area contributed by atoms with Crippen LogP contribution < -0.4 is 15.4 Å². The number of fused-ring (bicyclic) bond motifs is 1. The minimum absolute atomic E-state index is 0. The Morgan fingerprint density at radius 3 is 2.75 bits per heavy atom. The maximum absolute atomic E-state index is 12.1. The van der Waals surface area contributed by atoms with Gasteiger partial charge >= 0.3 is 0 Å². The number of guanidine groups is 1. The van der Waals surface area contributed by atoms with Crippen LogP contribution in [-0.4, -0.2) is 49.1 Å². The Morgan fingerprint density at radius 2 is 2.04 bits per heavy atom. The first kappa shape index (κ1) is 22.8. The molecule has 3 N–H and O–H groups in total. The van der Waals surface area contributed by atoms with Crippen molar-refractivity contribution in [3.05, 3.63) is 46.7 Å². The van der Waals surface area contributed by atoms with Crippen molar-refractivity contribution in [1.29, 1.82) is 0 Å². The van der Waals surface area contributed by atoms with Gasteiger partial charge in [0.2, 0.25) is 10.0 Å². The van der Waals surface area contributed by atoms with Gasteiger partial charge in [0.05, 0.1) is 10.9 Å². The van der Waals surface area contributed by atoms with Crippen LogP contribution in [0.4, 0.5) is 0 Å². The zero-order valence-electron chi connectivity index (χ0n) is 14.8. The van der Waals surface area contributed by atoms with Gasteiger partial charge in [0.25, 0.3) is 0 Å². The van der Waals surface area contributed by atoms with E-state index in [9.17, 15) is 8.42 Å². The summed E-state index contributed by atoms with van der Waals surface area (Å²) in [5, 5.41) is 14.4. The van der Waals surface area contributed by atoms with E-state index >= 15 is 0 Å². The Morgan fingerprint density at radius 1 is 1.21 bits per heavy atom. The number of thiophene rings is 1. The van der Waals surface area contributed by atoms with E-state index in [4.69, 9.17) is 11.6 Å². The molecule has 0 amide bonds. The number of pyridine rings is 1. The van der Waals surface area contributed by atoms with Crippen molar-refractivity contribution < 1.29 is 8.42 Å². The van der Waals surface area contributed by atoms with E-state index in [2.05, 4.69) is 30.5 Å². The molecule has 0 aromatic carbocycles. The summed E-state index contributed by atoms with van der Waals surface area (Å²) in [4.78, 5) is 4.11. The largest absolute Gasteiger partial charge is 0.355 e. The van der Waals surface area contributed by atoms with Crippen molar-refractivity contribution in [2.45, 2.75) is 10.8 Å². The molecule has 28 heavy (non-hydrogen) atoms. The molecular weight excluding hydrogens is 537 g/mol. The van der Waals surface area contributed by atoms with Crippen LogP contribution in [0.15, 0.2) is 45.7 Å². The van der Waals surface area contributed by atoms with E-state index in [1.807, 2.05) is 28.8 Å². The molecule has 0 unspecified atom stereocenters. The number of hydrogen-bond acceptors (Lipinski definition) is 6. The third kappa shape index (κ3) is 5.76. The molecule has 0 radical (unpaired) electrons. The maximum Gasteiger partial charge on any atom is 0.250 e. The van der Waals surface area contributed by atoms with Crippen LogP contribution in [0.25, 0.3) is 5.65 Å². The van der Waals surface area contributed by atoms with Crippen molar-refractivity contribution >= 4 is 68.5 Å². The van der Waals surface area contributed by atoms with Gasteiger partial charge < -0.3 is 10.6 Å². The number of aromatic nitrogens is 3. The number of aliphatic imine (C=N–C) groups is 1. The summed E-state index contributed by atoms with van der Waals surface area (Å²) in [5.74, 6) is 1.27. The van der Waals surface area contributed by atoms with Crippen LogP contribution in [-0.2, 0) is 16.6 Å². The lowest BCUT2D eigenvalue weighted by Crippen LogP contribution is -2.41. The van der Waals surface area contributed by atoms with Crippen molar-refractivity contribution in [2.24, 2.45) is 4.99 Å². The topological polar surface area (TPSA) is 113 Å². The van der Waals surface area contributed by atoms with Gasteiger partial charge in [0.1, 0.15) is 4.21 Å². The second-order valence-electron chi connectivity index (χ2n) is 5.35. The summed E-state index contributed by atoms with van der Waals surface area (Å²) in [6, 6.07) is 8.70. The number of rotatable bonds is 7. The van der Waals surface area contributed by atoms with Gasteiger partial charge in [-0.2, -0.15) is 0 Å². The first-order valence-electron chi connectivity index (χ1n) is 7.98. The fourth-order valence-electron chi connectivity index (χ4n) is 2.27. The van der Waals surface area contributed by atoms with Crippen molar-refractivity contribution in [2.75, 3.05) is 20.1 Å². The van der Waals surface area contributed by atoms with Crippen LogP contribution in [0, 0.1) is 0 Å². The summed E-state index contributed by atoms with van der Waals surface area (Å²) in [5.41, 5.74) is 0.764. The van der Waals surface area contributed by atoms with Crippen molar-refractivity contribution in [3.63, 3.8) is 0 Å². The Kier molecular flexibility index (Phi) is 8.42. The molecule has 3 rings (SSSR count). The molecule has 0 atom stereocenters. The molecule has 3 aromatic heterocycles. The summed E-state index contributed by atoms with van der Waals surface area (Å²) < 4.78 is 29.2. The molecule has 0 bridgehead atoms. The van der Waals surface area contributed by atoms with Crippen LogP contribution in [0.5, 0.6) is 0 Å². The fourth-order valence-corrected chi connectivity index (χ4v) is 4.83. The number of nitrogens with one attached hydrogen (secondary N) is 3. The van der Waals surface area contributed by atoms with Crippen LogP contribution in [0.2, 0.25) is 4.34 Å². The predicted molar refractivity (Wildman–Crippen MR) is 121 cm³/mol. The zero-order valence-corrected chi connectivity index (χ0v) is 19.5. The molecule has 13 heteroatoms. The van der Waals surface area contributed by atoms with Gasteiger partial charge in [0.15, 0.2) is 17.4 Å². The highest BCUT2D eigenvalue weighted by molar-refractivity contribution is 14.0. The number of hydrogen-bond donors (Lipinski definition) is 3. The van der Waals surface area contributed by atoms with E-state index in [1.165, 1.54) is 6.07 Å². The SMILES string of the molecule is CN=C(NCCNS(=O)(=O)c1ccc(Cl)s1)NCc1nnc2ccccn12.I. The standard InChI is InChI=1S/C15H18ClN7O2S2.HI/c1-17-15(19-10-13-22-21-12-4-2-3-9-23(12)13)18-7-8-20-27(24,25)14-6-5-11(16)26-14;/h2-6,9,20H,7-8,10H2,1H3,(H2,17,18,19);1H. The molecule has 0 saturated heterocycles. The highest BCUT2D eigenvalue weighted by Crippen LogP contribution is 2.25. The minimum Gasteiger partial charge on any atom is -0.355 e. The molecule has 0 saturated carbocycles. The molecule has 0 fully saturated rings. The van der Waals surface area contributed by atoms with Gasteiger partial charge in [-0.25, -0.2) is 13.1 Å². The van der Waals surface area contributed by atoms with E-state index in [1.54, 1.807) is 13.1 Å². The Labute approximate surface area is 188 Å². The van der Waals surface area contributed by atoms with Gasteiger partial charge in [-0.1, -0.05) is 17.7 Å². The summed E-state index contributed by atoms with van der Waals surface area (Å²) in [6.07, 6.45) is 1.88. The molecule has 0 aliphatic rings. The first-order chi connectivity index (χ1) is 13.0. The lowest BCUT2D eigenvalue weighted by Gasteiger charge is -2.11. The fraction of sp³-hybridized carbons (Fsp3) is 0.267. The maximum atomic E-state index is 12.1. The number of halogens is 2. The van der Waals surface area contributed by atoms with Crippen LogP contribution in [0.1, 0.15) is 5.82 Å². The van der Waals surface area contributed by atoms with E-state index in [0.29, 0.717) is 23.4 Å². The number of nitrogens with zero attached hydrogens (tertiary/aromatic N) is 4. The van der Waals surface area contributed by atoms with Gasteiger partial charge in [-0.05, 0) is 24.3 Å². The first-order valence-corrected chi connectivity index (χ1v) is 10.7. The van der Waals surface area contributed by atoms with Crippen LogP contribution in [0.3, 0.4) is 0 Å². The van der Waals surface area contributed by atoms with E-state index in [-0.39, 0.29) is 34.7 Å². The second-order valence-corrected chi connectivity index (χ2v) is 9.06. The summed E-state index contributed by atoms with van der Waals surface area (Å²) >= 11 is 6.79. The molecule has 3 aromatic rings. The predicted octanol–water partition coefficient (Wildman–Crippen LogP) is 1.71. The second kappa shape index (κ2) is 10.3.